The van der Waals surface area contributed by atoms with Crippen molar-refractivity contribution in [3.8, 4) is 17.0 Å². The topological polar surface area (TPSA) is 67.8 Å². The van der Waals surface area contributed by atoms with E-state index in [2.05, 4.69) is 14.9 Å². The average Bonchev–Trinajstić information content (AvgIpc) is 2.77. The lowest BCUT2D eigenvalue weighted by Crippen LogP contribution is -2.48. The Bertz CT molecular complexity index is 772. The first-order valence-electron chi connectivity index (χ1n) is 9.89. The van der Waals surface area contributed by atoms with Crippen molar-refractivity contribution in [2.24, 2.45) is 0 Å². The van der Waals surface area contributed by atoms with E-state index in [1.165, 1.54) is 0 Å². The molecule has 1 aromatic heterocycles. The highest BCUT2D eigenvalue weighted by atomic mass is 16.5. The summed E-state index contributed by atoms with van der Waals surface area (Å²) in [6, 6.07) is 9.88. The van der Waals surface area contributed by atoms with Gasteiger partial charge in [-0.2, -0.15) is 0 Å². The minimum Gasteiger partial charge on any atom is -0.490 e. The largest absolute Gasteiger partial charge is 0.490 e. The Kier molecular flexibility index (Phi) is 6.14. The lowest BCUT2D eigenvalue weighted by molar-refractivity contribution is -0.136. The Labute approximate surface area is 165 Å². The molecule has 2 aromatic rings. The van der Waals surface area contributed by atoms with Crippen LogP contribution < -0.4 is 4.74 Å². The third kappa shape index (κ3) is 4.66. The molecule has 0 aliphatic carbocycles. The number of hydrogen-bond acceptors (Lipinski definition) is 6. The molecular weight excluding hydrogens is 356 g/mol. The number of morpholine rings is 1. The summed E-state index contributed by atoms with van der Waals surface area (Å²) >= 11 is 0. The maximum Gasteiger partial charge on any atom is 0.236 e. The molecule has 0 N–H and O–H groups in total. The van der Waals surface area contributed by atoms with Gasteiger partial charge in [-0.1, -0.05) is 12.1 Å². The number of likely N-dealkylation sites (tertiary alicyclic amines) is 1. The van der Waals surface area contributed by atoms with Gasteiger partial charge in [-0.3, -0.25) is 9.69 Å². The SMILES string of the molecule is O=C(CN1CCC(Oc2ccccc2-c2ccncn2)CC1)N1CCOCC1. The van der Waals surface area contributed by atoms with Gasteiger partial charge in [0, 0.05) is 37.9 Å². The predicted molar refractivity (Wildman–Crippen MR) is 105 cm³/mol. The van der Waals surface area contributed by atoms with E-state index in [0.29, 0.717) is 32.8 Å². The van der Waals surface area contributed by atoms with Crippen LogP contribution in [-0.2, 0) is 9.53 Å². The predicted octanol–water partition coefficient (Wildman–Crippen LogP) is 1.85. The first kappa shape index (κ1) is 18.8. The van der Waals surface area contributed by atoms with Crippen LogP contribution in [-0.4, -0.2) is 77.7 Å². The maximum absolute atomic E-state index is 12.4. The van der Waals surface area contributed by atoms with Crippen molar-refractivity contribution in [1.82, 2.24) is 19.8 Å². The molecule has 1 aromatic carbocycles. The molecule has 7 nitrogen and oxygen atoms in total. The molecule has 0 bridgehead atoms. The molecule has 28 heavy (non-hydrogen) atoms. The van der Waals surface area contributed by atoms with Crippen molar-refractivity contribution < 1.29 is 14.3 Å². The van der Waals surface area contributed by atoms with E-state index < -0.39 is 0 Å². The van der Waals surface area contributed by atoms with E-state index >= 15 is 0 Å². The molecule has 4 rings (SSSR count). The van der Waals surface area contributed by atoms with Gasteiger partial charge in [-0.05, 0) is 31.0 Å². The Morgan fingerprint density at radius 2 is 1.89 bits per heavy atom. The lowest BCUT2D eigenvalue weighted by Gasteiger charge is -2.34. The number of aromatic nitrogens is 2. The van der Waals surface area contributed by atoms with Gasteiger partial charge in [0.05, 0.1) is 25.5 Å². The van der Waals surface area contributed by atoms with Crippen LogP contribution in [0.2, 0.25) is 0 Å². The van der Waals surface area contributed by atoms with Crippen LogP contribution in [0.5, 0.6) is 5.75 Å². The van der Waals surface area contributed by atoms with E-state index in [9.17, 15) is 4.79 Å². The number of nitrogens with zero attached hydrogens (tertiary/aromatic N) is 4. The van der Waals surface area contributed by atoms with Gasteiger partial charge in [0.1, 0.15) is 18.2 Å². The zero-order chi connectivity index (χ0) is 19.2. The minimum atomic E-state index is 0.151. The number of ether oxygens (including phenoxy) is 2. The molecule has 2 aliphatic heterocycles. The van der Waals surface area contributed by atoms with E-state index in [1.54, 1.807) is 12.5 Å². The van der Waals surface area contributed by atoms with Crippen LogP contribution in [0.1, 0.15) is 12.8 Å². The van der Waals surface area contributed by atoms with Crippen LogP contribution >= 0.6 is 0 Å². The van der Waals surface area contributed by atoms with Crippen molar-refractivity contribution in [3.05, 3.63) is 42.9 Å². The summed E-state index contributed by atoms with van der Waals surface area (Å²) in [5, 5.41) is 0. The number of benzene rings is 1. The van der Waals surface area contributed by atoms with Gasteiger partial charge in [-0.25, -0.2) is 9.97 Å². The second kappa shape index (κ2) is 9.12. The molecule has 1 amide bonds. The number of carbonyl (C=O) groups is 1. The Morgan fingerprint density at radius 3 is 2.64 bits per heavy atom. The molecule has 148 valence electrons. The summed E-state index contributed by atoms with van der Waals surface area (Å²) in [6.07, 6.45) is 5.26. The van der Waals surface area contributed by atoms with Crippen LogP contribution in [0.4, 0.5) is 0 Å². The van der Waals surface area contributed by atoms with Gasteiger partial charge in [0.25, 0.3) is 0 Å². The summed E-state index contributed by atoms with van der Waals surface area (Å²) in [4.78, 5) is 24.9. The summed E-state index contributed by atoms with van der Waals surface area (Å²) in [7, 11) is 0. The quantitative estimate of drug-likeness (QED) is 0.786. The third-order valence-corrected chi connectivity index (χ3v) is 5.30. The molecule has 0 spiro atoms. The zero-order valence-corrected chi connectivity index (χ0v) is 16.0. The summed E-state index contributed by atoms with van der Waals surface area (Å²) < 4.78 is 11.6. The minimum absolute atomic E-state index is 0.151. The smallest absolute Gasteiger partial charge is 0.236 e. The Balaban J connectivity index is 1.31. The molecule has 0 saturated carbocycles. The number of amides is 1. The second-order valence-corrected chi connectivity index (χ2v) is 7.18. The highest BCUT2D eigenvalue weighted by Crippen LogP contribution is 2.30. The molecular formula is C21H26N4O3. The van der Waals surface area contributed by atoms with Crippen molar-refractivity contribution in [1.29, 1.82) is 0 Å². The third-order valence-electron chi connectivity index (χ3n) is 5.30. The average molecular weight is 382 g/mol. The van der Waals surface area contributed by atoms with Crippen LogP contribution in [0.25, 0.3) is 11.3 Å². The molecule has 2 aliphatic rings. The van der Waals surface area contributed by atoms with E-state index in [-0.39, 0.29) is 12.0 Å². The van der Waals surface area contributed by atoms with Gasteiger partial charge in [-0.15, -0.1) is 0 Å². The first-order valence-corrected chi connectivity index (χ1v) is 9.89. The zero-order valence-electron chi connectivity index (χ0n) is 16.0. The summed E-state index contributed by atoms with van der Waals surface area (Å²) in [6.45, 7) is 4.94. The van der Waals surface area contributed by atoms with Crippen molar-refractivity contribution in [2.45, 2.75) is 18.9 Å². The van der Waals surface area contributed by atoms with Crippen molar-refractivity contribution in [2.75, 3.05) is 45.9 Å². The van der Waals surface area contributed by atoms with Crippen molar-refractivity contribution >= 4 is 5.91 Å². The second-order valence-electron chi connectivity index (χ2n) is 7.18. The molecule has 0 unspecified atom stereocenters. The Hall–Kier alpha value is -2.51. The highest BCUT2D eigenvalue weighted by Gasteiger charge is 2.25. The molecule has 0 atom stereocenters. The molecule has 0 radical (unpaired) electrons. The first-order chi connectivity index (χ1) is 13.8. The van der Waals surface area contributed by atoms with Crippen LogP contribution in [0, 0.1) is 0 Å². The molecule has 2 fully saturated rings. The normalized spacial score (nSPS) is 18.8. The number of rotatable bonds is 5. The molecule has 2 saturated heterocycles. The van der Waals surface area contributed by atoms with E-state index in [4.69, 9.17) is 9.47 Å². The fraction of sp³-hybridized carbons (Fsp3) is 0.476. The van der Waals surface area contributed by atoms with Gasteiger partial charge in [0.15, 0.2) is 0 Å². The van der Waals surface area contributed by atoms with Crippen molar-refractivity contribution in [3.63, 3.8) is 0 Å². The summed E-state index contributed by atoms with van der Waals surface area (Å²) in [5.41, 5.74) is 1.84. The fourth-order valence-corrected chi connectivity index (χ4v) is 3.70. The number of piperidine rings is 1. The summed E-state index contributed by atoms with van der Waals surface area (Å²) in [5.74, 6) is 1.06. The highest BCUT2D eigenvalue weighted by molar-refractivity contribution is 5.78. The Morgan fingerprint density at radius 1 is 1.11 bits per heavy atom. The monoisotopic (exact) mass is 382 g/mol. The maximum atomic E-state index is 12.4. The van der Waals surface area contributed by atoms with Gasteiger partial charge < -0.3 is 14.4 Å². The standard InChI is InChI=1S/C21H26N4O3/c26-21(25-11-13-27-14-12-25)15-24-9-6-17(7-10-24)28-20-4-2-1-3-18(20)19-5-8-22-16-23-19/h1-5,8,16-17H,6-7,9-15H2. The van der Waals surface area contributed by atoms with E-state index in [1.807, 2.05) is 35.2 Å². The molecule has 7 heteroatoms. The van der Waals surface area contributed by atoms with E-state index in [0.717, 1.165) is 42.9 Å². The number of para-hydroxylation sites is 1. The van der Waals surface area contributed by atoms with Crippen LogP contribution in [0.3, 0.4) is 0 Å². The lowest BCUT2D eigenvalue weighted by atomic mass is 10.1. The van der Waals surface area contributed by atoms with Crippen LogP contribution in [0.15, 0.2) is 42.9 Å². The fourth-order valence-electron chi connectivity index (χ4n) is 3.70. The van der Waals surface area contributed by atoms with Gasteiger partial charge in [0.2, 0.25) is 5.91 Å². The number of carbonyl (C=O) groups excluding carboxylic acids is 1. The molecule has 3 heterocycles. The van der Waals surface area contributed by atoms with Gasteiger partial charge >= 0.3 is 0 Å². The number of hydrogen-bond donors (Lipinski definition) is 0.